The van der Waals surface area contributed by atoms with Crippen LogP contribution in [0.2, 0.25) is 0 Å². The second-order valence-electron chi connectivity index (χ2n) is 7.55. The van der Waals surface area contributed by atoms with Gasteiger partial charge in [0.05, 0.1) is 18.8 Å². The van der Waals surface area contributed by atoms with E-state index in [0.29, 0.717) is 56.5 Å². The van der Waals surface area contributed by atoms with Gasteiger partial charge >= 0.3 is 0 Å². The van der Waals surface area contributed by atoms with Crippen LogP contribution in [-0.2, 0) is 14.8 Å². The van der Waals surface area contributed by atoms with Crippen molar-refractivity contribution in [1.82, 2.24) is 4.31 Å². The quantitative estimate of drug-likeness (QED) is 0.494. The van der Waals surface area contributed by atoms with Gasteiger partial charge in [0.25, 0.3) is 5.91 Å². The molecule has 0 atom stereocenters. The smallest absolute Gasteiger partial charge is 0.259 e. The summed E-state index contributed by atoms with van der Waals surface area (Å²) in [5.41, 5.74) is 0.714. The highest BCUT2D eigenvalue weighted by Crippen LogP contribution is 2.32. The highest BCUT2D eigenvalue weighted by molar-refractivity contribution is 7.89. The summed E-state index contributed by atoms with van der Waals surface area (Å²) in [6.07, 6.45) is 2.69. The van der Waals surface area contributed by atoms with Gasteiger partial charge in [-0.1, -0.05) is 18.6 Å². The highest BCUT2D eigenvalue weighted by atomic mass is 32.2. The molecule has 0 bridgehead atoms. The molecule has 0 aliphatic carbocycles. The number of hydrogen-bond acceptors (Lipinski definition) is 6. The minimum Gasteiger partial charge on any atom is -0.492 e. The number of nitrogens with one attached hydrogen (secondary N) is 1. The van der Waals surface area contributed by atoms with E-state index in [1.165, 1.54) is 10.4 Å². The summed E-state index contributed by atoms with van der Waals surface area (Å²) in [4.78, 5) is 13.0. The van der Waals surface area contributed by atoms with E-state index in [2.05, 4.69) is 5.32 Å². The molecule has 8 nitrogen and oxygen atoms in total. The molecule has 1 saturated heterocycles. The largest absolute Gasteiger partial charge is 0.492 e. The molecule has 1 amide bonds. The van der Waals surface area contributed by atoms with Crippen molar-refractivity contribution in [2.75, 3.05) is 44.8 Å². The van der Waals surface area contributed by atoms with E-state index in [-0.39, 0.29) is 10.6 Å². The first-order valence-corrected chi connectivity index (χ1v) is 12.8. The van der Waals surface area contributed by atoms with Crippen molar-refractivity contribution < 1.29 is 27.4 Å². The lowest BCUT2D eigenvalue weighted by molar-refractivity contribution is 0.0998. The second kappa shape index (κ2) is 12.0. The summed E-state index contributed by atoms with van der Waals surface area (Å²) < 4.78 is 44.7. The topological polar surface area (TPSA) is 94.2 Å². The average molecular weight is 477 g/mol. The van der Waals surface area contributed by atoms with Gasteiger partial charge < -0.3 is 19.5 Å². The van der Waals surface area contributed by atoms with E-state index in [1.54, 1.807) is 43.3 Å². The molecule has 1 aliphatic rings. The lowest BCUT2D eigenvalue weighted by atomic mass is 10.2. The Balaban J connectivity index is 1.83. The van der Waals surface area contributed by atoms with Crippen molar-refractivity contribution in [3.63, 3.8) is 0 Å². The van der Waals surface area contributed by atoms with Crippen LogP contribution in [0.4, 0.5) is 5.69 Å². The zero-order valence-electron chi connectivity index (χ0n) is 19.2. The predicted octanol–water partition coefficient (Wildman–Crippen LogP) is 3.93. The van der Waals surface area contributed by atoms with E-state index in [0.717, 1.165) is 19.3 Å². The molecule has 1 fully saturated rings. The number of rotatable bonds is 11. The highest BCUT2D eigenvalue weighted by Gasteiger charge is 2.29. The van der Waals surface area contributed by atoms with Crippen LogP contribution in [0, 0.1) is 0 Å². The van der Waals surface area contributed by atoms with Gasteiger partial charge in [-0.05, 0) is 57.0 Å². The fraction of sp³-hybridized carbons (Fsp3) is 0.458. The van der Waals surface area contributed by atoms with Gasteiger partial charge in [-0.3, -0.25) is 4.79 Å². The predicted molar refractivity (Wildman–Crippen MR) is 127 cm³/mol. The fourth-order valence-corrected chi connectivity index (χ4v) is 5.31. The lowest BCUT2D eigenvalue weighted by Gasteiger charge is -2.27. The molecule has 1 heterocycles. The number of carbonyl (C=O) groups excluding carboxylic acids is 1. The molecule has 3 rings (SSSR count). The molecule has 33 heavy (non-hydrogen) atoms. The molecule has 0 unspecified atom stereocenters. The number of nitrogens with zero attached hydrogens (tertiary/aromatic N) is 1. The van der Waals surface area contributed by atoms with Crippen LogP contribution in [0.5, 0.6) is 11.5 Å². The Morgan fingerprint density at radius 1 is 0.939 bits per heavy atom. The number of sulfonamides is 1. The van der Waals surface area contributed by atoms with Crippen LogP contribution in [0.25, 0.3) is 0 Å². The summed E-state index contributed by atoms with van der Waals surface area (Å²) in [7, 11) is -3.75. The first-order chi connectivity index (χ1) is 16.0. The number of para-hydroxylation sites is 1. The Morgan fingerprint density at radius 2 is 1.70 bits per heavy atom. The molecule has 1 aliphatic heterocycles. The monoisotopic (exact) mass is 476 g/mol. The summed E-state index contributed by atoms with van der Waals surface area (Å²) in [5.74, 6) is 0.315. The Hall–Kier alpha value is -2.62. The summed E-state index contributed by atoms with van der Waals surface area (Å²) >= 11 is 0. The van der Waals surface area contributed by atoms with Crippen molar-refractivity contribution in [2.45, 2.75) is 38.0 Å². The van der Waals surface area contributed by atoms with Gasteiger partial charge in [-0.25, -0.2) is 8.42 Å². The van der Waals surface area contributed by atoms with Gasteiger partial charge in [0.1, 0.15) is 23.0 Å². The molecule has 9 heteroatoms. The van der Waals surface area contributed by atoms with Crippen LogP contribution in [0.3, 0.4) is 0 Å². The van der Waals surface area contributed by atoms with Crippen molar-refractivity contribution >= 4 is 21.6 Å². The number of hydrogen-bond donors (Lipinski definition) is 1. The number of anilines is 1. The number of carbonyl (C=O) groups is 1. The Labute approximate surface area is 195 Å². The molecule has 0 radical (unpaired) electrons. The van der Waals surface area contributed by atoms with Gasteiger partial charge in [-0.15, -0.1) is 0 Å². The van der Waals surface area contributed by atoms with Gasteiger partial charge in [-0.2, -0.15) is 4.31 Å². The van der Waals surface area contributed by atoms with E-state index in [4.69, 9.17) is 14.2 Å². The Kier molecular flexibility index (Phi) is 9.11. The molecule has 180 valence electrons. The van der Waals surface area contributed by atoms with Crippen molar-refractivity contribution in [3.05, 3.63) is 48.0 Å². The molecule has 0 saturated carbocycles. The molecular weight excluding hydrogens is 444 g/mol. The Morgan fingerprint density at radius 3 is 2.42 bits per heavy atom. The summed E-state index contributed by atoms with van der Waals surface area (Å²) in [6, 6.07) is 11.6. The standard InChI is InChI=1S/C24H32N2O6S/c1-3-30-16-17-32-21-11-7-6-10-20(21)24(27)25-19-12-13-22(31-4-2)23(18-19)33(28,29)26-14-8-5-9-15-26/h6-7,10-13,18H,3-5,8-9,14-17H2,1-2H3,(H,25,27). The van der Waals surface area contributed by atoms with E-state index in [1.807, 2.05) is 6.92 Å². The zero-order chi connectivity index (χ0) is 23.7. The normalized spacial score (nSPS) is 14.6. The minimum atomic E-state index is -3.75. The molecule has 2 aromatic carbocycles. The third-order valence-corrected chi connectivity index (χ3v) is 7.18. The summed E-state index contributed by atoms with van der Waals surface area (Å²) in [6.45, 7) is 6.33. The van der Waals surface area contributed by atoms with E-state index in [9.17, 15) is 13.2 Å². The molecular formula is C24H32N2O6S. The first kappa shape index (κ1) is 25.0. The third-order valence-electron chi connectivity index (χ3n) is 5.26. The van der Waals surface area contributed by atoms with Crippen molar-refractivity contribution in [3.8, 4) is 11.5 Å². The third kappa shape index (κ3) is 6.46. The van der Waals surface area contributed by atoms with Crippen molar-refractivity contribution in [2.24, 2.45) is 0 Å². The number of amides is 1. The Bertz CT molecular complexity index is 1040. The fourth-order valence-electron chi connectivity index (χ4n) is 3.64. The second-order valence-corrected chi connectivity index (χ2v) is 9.46. The van der Waals surface area contributed by atoms with Gasteiger partial charge in [0.2, 0.25) is 10.0 Å². The van der Waals surface area contributed by atoms with Crippen LogP contribution in [0.15, 0.2) is 47.4 Å². The van der Waals surface area contributed by atoms with Crippen LogP contribution in [-0.4, -0.2) is 58.1 Å². The molecule has 0 aromatic heterocycles. The summed E-state index contributed by atoms with van der Waals surface area (Å²) in [5, 5.41) is 2.80. The van der Waals surface area contributed by atoms with Crippen LogP contribution >= 0.6 is 0 Å². The maximum Gasteiger partial charge on any atom is 0.259 e. The molecule has 1 N–H and O–H groups in total. The first-order valence-electron chi connectivity index (χ1n) is 11.3. The molecule has 0 spiro atoms. The maximum absolute atomic E-state index is 13.3. The van der Waals surface area contributed by atoms with Crippen LogP contribution < -0.4 is 14.8 Å². The number of piperidine rings is 1. The average Bonchev–Trinajstić information content (AvgIpc) is 2.83. The SMILES string of the molecule is CCOCCOc1ccccc1C(=O)Nc1ccc(OCC)c(S(=O)(=O)N2CCCCC2)c1. The maximum atomic E-state index is 13.3. The van der Waals surface area contributed by atoms with Gasteiger partial charge in [0, 0.05) is 25.4 Å². The zero-order valence-corrected chi connectivity index (χ0v) is 20.0. The number of benzene rings is 2. The van der Waals surface area contributed by atoms with Crippen LogP contribution in [0.1, 0.15) is 43.5 Å². The van der Waals surface area contributed by atoms with E-state index >= 15 is 0 Å². The molecule has 2 aromatic rings. The minimum absolute atomic E-state index is 0.0605. The van der Waals surface area contributed by atoms with Gasteiger partial charge in [0.15, 0.2) is 0 Å². The van der Waals surface area contributed by atoms with Crippen molar-refractivity contribution in [1.29, 1.82) is 0 Å². The number of ether oxygens (including phenoxy) is 3. The van der Waals surface area contributed by atoms with E-state index < -0.39 is 15.9 Å². The lowest BCUT2D eigenvalue weighted by Crippen LogP contribution is -2.35.